The van der Waals surface area contributed by atoms with Gasteiger partial charge in [-0.1, -0.05) is 0 Å². The molecule has 8 nitrogen and oxygen atoms in total. The first-order chi connectivity index (χ1) is 10.5. The summed E-state index contributed by atoms with van der Waals surface area (Å²) in [5.41, 5.74) is 0.160. The van der Waals surface area contributed by atoms with E-state index in [2.05, 4.69) is 15.5 Å². The van der Waals surface area contributed by atoms with E-state index in [4.69, 9.17) is 4.74 Å². The lowest BCUT2D eigenvalue weighted by Crippen LogP contribution is -2.73. The first-order valence-electron chi connectivity index (χ1n) is 7.16. The van der Waals surface area contributed by atoms with E-state index in [0.29, 0.717) is 31.8 Å². The highest BCUT2D eigenvalue weighted by molar-refractivity contribution is 5.94. The highest BCUT2D eigenvalue weighted by atomic mass is 16.5. The molecule has 1 atom stereocenters. The molecule has 2 amide bonds. The van der Waals surface area contributed by atoms with Gasteiger partial charge < -0.3 is 15.0 Å². The molecule has 1 spiro atoms. The fraction of sp³-hybridized carbons (Fsp3) is 0.571. The third kappa shape index (κ3) is 2.55. The van der Waals surface area contributed by atoms with Crippen LogP contribution in [0.25, 0.3) is 0 Å². The standard InChI is InChI=1S/C14H19N5O3/c1-15-12(20)11-6-22-14(7-18(11)2)8-19(9-14)13(21)10-3-4-16-17-5-10/h3-5,11H,6-9H2,1-2H3,(H,15,20). The van der Waals surface area contributed by atoms with Crippen LogP contribution in [0, 0.1) is 0 Å². The number of nitrogens with zero attached hydrogens (tertiary/aromatic N) is 4. The summed E-state index contributed by atoms with van der Waals surface area (Å²) in [5.74, 6) is -0.118. The number of aromatic nitrogens is 2. The van der Waals surface area contributed by atoms with Crippen LogP contribution in [-0.4, -0.2) is 83.8 Å². The molecule has 2 aliphatic rings. The van der Waals surface area contributed by atoms with Gasteiger partial charge in [-0.05, 0) is 13.1 Å². The van der Waals surface area contributed by atoms with Crippen molar-refractivity contribution in [3.63, 3.8) is 0 Å². The van der Waals surface area contributed by atoms with Gasteiger partial charge in [0.2, 0.25) is 5.91 Å². The molecule has 8 heteroatoms. The van der Waals surface area contributed by atoms with Crippen molar-refractivity contribution >= 4 is 11.8 Å². The fourth-order valence-corrected chi connectivity index (χ4v) is 3.02. The Hall–Kier alpha value is -2.06. The van der Waals surface area contributed by atoms with Gasteiger partial charge >= 0.3 is 0 Å². The average Bonchev–Trinajstić information content (AvgIpc) is 2.52. The van der Waals surface area contributed by atoms with Crippen molar-refractivity contribution in [2.75, 3.05) is 40.3 Å². The van der Waals surface area contributed by atoms with Crippen molar-refractivity contribution < 1.29 is 14.3 Å². The number of hydrogen-bond donors (Lipinski definition) is 1. The number of morpholine rings is 1. The summed E-state index contributed by atoms with van der Waals surface area (Å²) in [7, 11) is 3.52. The monoisotopic (exact) mass is 305 g/mol. The largest absolute Gasteiger partial charge is 0.368 e. The number of carbonyl (C=O) groups excluding carboxylic acids is 2. The number of amides is 2. The van der Waals surface area contributed by atoms with Gasteiger partial charge in [0, 0.05) is 13.6 Å². The smallest absolute Gasteiger partial charge is 0.255 e. The van der Waals surface area contributed by atoms with Crippen LogP contribution in [0.5, 0.6) is 0 Å². The Morgan fingerprint density at radius 1 is 1.36 bits per heavy atom. The highest BCUT2D eigenvalue weighted by Crippen LogP contribution is 2.31. The Bertz CT molecular complexity index is 573. The molecule has 1 aromatic heterocycles. The van der Waals surface area contributed by atoms with Crippen LogP contribution in [-0.2, 0) is 9.53 Å². The van der Waals surface area contributed by atoms with Crippen LogP contribution in [0.4, 0.5) is 0 Å². The van der Waals surface area contributed by atoms with E-state index in [1.807, 2.05) is 11.9 Å². The summed E-state index contributed by atoms with van der Waals surface area (Å²) >= 11 is 0. The number of carbonyl (C=O) groups is 2. The molecular formula is C14H19N5O3. The maximum atomic E-state index is 12.3. The number of nitrogens with one attached hydrogen (secondary N) is 1. The number of ether oxygens (including phenoxy) is 1. The van der Waals surface area contributed by atoms with Crippen molar-refractivity contribution in [1.82, 2.24) is 25.3 Å². The van der Waals surface area contributed by atoms with Crippen LogP contribution in [0.15, 0.2) is 18.5 Å². The van der Waals surface area contributed by atoms with Crippen LogP contribution in [0.3, 0.4) is 0 Å². The molecule has 0 bridgehead atoms. The van der Waals surface area contributed by atoms with E-state index in [1.54, 1.807) is 18.0 Å². The summed E-state index contributed by atoms with van der Waals surface area (Å²) in [4.78, 5) is 27.7. The molecule has 0 saturated carbocycles. The van der Waals surface area contributed by atoms with Crippen molar-refractivity contribution in [1.29, 1.82) is 0 Å². The van der Waals surface area contributed by atoms with Crippen molar-refractivity contribution in [3.8, 4) is 0 Å². The number of likely N-dealkylation sites (N-methyl/N-ethyl adjacent to an activating group) is 2. The van der Waals surface area contributed by atoms with E-state index >= 15 is 0 Å². The Balaban J connectivity index is 1.59. The summed E-state index contributed by atoms with van der Waals surface area (Å²) in [5, 5.41) is 10.0. The molecule has 3 rings (SSSR count). The molecule has 22 heavy (non-hydrogen) atoms. The number of rotatable bonds is 2. The lowest BCUT2D eigenvalue weighted by atomic mass is 9.90. The normalized spacial score (nSPS) is 23.9. The van der Waals surface area contributed by atoms with Gasteiger partial charge in [-0.25, -0.2) is 0 Å². The van der Waals surface area contributed by atoms with Gasteiger partial charge in [-0.3, -0.25) is 14.5 Å². The lowest BCUT2D eigenvalue weighted by molar-refractivity contribution is -0.187. The maximum absolute atomic E-state index is 12.3. The molecule has 0 radical (unpaired) electrons. The van der Waals surface area contributed by atoms with Gasteiger partial charge in [-0.15, -0.1) is 0 Å². The predicted molar refractivity (Wildman–Crippen MR) is 77.1 cm³/mol. The average molecular weight is 305 g/mol. The summed E-state index contributed by atoms with van der Waals surface area (Å²) in [6, 6.07) is 1.38. The maximum Gasteiger partial charge on any atom is 0.255 e. The first kappa shape index (κ1) is 14.9. The molecule has 0 aromatic carbocycles. The zero-order chi connectivity index (χ0) is 15.7. The Morgan fingerprint density at radius 3 is 2.73 bits per heavy atom. The highest BCUT2D eigenvalue weighted by Gasteiger charge is 2.51. The quantitative estimate of drug-likeness (QED) is 0.734. The SMILES string of the molecule is CNC(=O)C1COC2(CN(C(=O)c3ccnnc3)C2)CN1C. The van der Waals surface area contributed by atoms with Gasteiger partial charge in [-0.2, -0.15) is 10.2 Å². The topological polar surface area (TPSA) is 87.7 Å². The van der Waals surface area contributed by atoms with Crippen LogP contribution < -0.4 is 5.32 Å². The van der Waals surface area contributed by atoms with Crippen LogP contribution >= 0.6 is 0 Å². The van der Waals surface area contributed by atoms with Crippen LogP contribution in [0.1, 0.15) is 10.4 Å². The predicted octanol–water partition coefficient (Wildman–Crippen LogP) is -1.25. The lowest BCUT2D eigenvalue weighted by Gasteiger charge is -2.54. The zero-order valence-corrected chi connectivity index (χ0v) is 12.7. The Labute approximate surface area is 128 Å². The van der Waals surface area contributed by atoms with Crippen molar-refractivity contribution in [2.45, 2.75) is 11.6 Å². The van der Waals surface area contributed by atoms with E-state index in [-0.39, 0.29) is 23.5 Å². The van der Waals surface area contributed by atoms with E-state index in [1.165, 1.54) is 12.4 Å². The van der Waals surface area contributed by atoms with Gasteiger partial charge in [0.25, 0.3) is 5.91 Å². The number of likely N-dealkylation sites (tertiary alicyclic amines) is 1. The number of hydrogen-bond acceptors (Lipinski definition) is 6. The molecule has 2 saturated heterocycles. The van der Waals surface area contributed by atoms with E-state index < -0.39 is 0 Å². The zero-order valence-electron chi connectivity index (χ0n) is 12.7. The Kier molecular flexibility index (Phi) is 3.79. The van der Waals surface area contributed by atoms with Gasteiger partial charge in [0.05, 0.1) is 37.7 Å². The molecule has 2 fully saturated rings. The van der Waals surface area contributed by atoms with Crippen molar-refractivity contribution in [2.24, 2.45) is 0 Å². The minimum atomic E-state index is -0.366. The second kappa shape index (κ2) is 5.62. The van der Waals surface area contributed by atoms with Gasteiger partial charge in [0.15, 0.2) is 0 Å². The molecule has 1 unspecified atom stereocenters. The Morgan fingerprint density at radius 2 is 2.14 bits per heavy atom. The molecule has 1 aromatic rings. The summed E-state index contributed by atoms with van der Waals surface area (Å²) in [6.07, 6.45) is 2.96. The van der Waals surface area contributed by atoms with E-state index in [0.717, 1.165) is 0 Å². The second-order valence-corrected chi connectivity index (χ2v) is 5.83. The molecule has 1 N–H and O–H groups in total. The molecule has 2 aliphatic heterocycles. The molecular weight excluding hydrogens is 286 g/mol. The van der Waals surface area contributed by atoms with Crippen molar-refractivity contribution in [3.05, 3.63) is 24.0 Å². The summed E-state index contributed by atoms with van der Waals surface area (Å²) in [6.45, 7) is 2.02. The minimum absolute atomic E-state index is 0.0486. The third-order valence-corrected chi connectivity index (χ3v) is 4.24. The third-order valence-electron chi connectivity index (χ3n) is 4.24. The summed E-state index contributed by atoms with van der Waals surface area (Å²) < 4.78 is 5.90. The van der Waals surface area contributed by atoms with E-state index in [9.17, 15) is 9.59 Å². The second-order valence-electron chi connectivity index (χ2n) is 5.83. The fourth-order valence-electron chi connectivity index (χ4n) is 3.02. The minimum Gasteiger partial charge on any atom is -0.368 e. The van der Waals surface area contributed by atoms with Crippen LogP contribution in [0.2, 0.25) is 0 Å². The molecule has 3 heterocycles. The molecule has 0 aliphatic carbocycles. The molecule has 118 valence electrons. The first-order valence-corrected chi connectivity index (χ1v) is 7.16. The van der Waals surface area contributed by atoms with Gasteiger partial charge in [0.1, 0.15) is 11.6 Å².